The summed E-state index contributed by atoms with van der Waals surface area (Å²) in [6.07, 6.45) is 4.36. The lowest BCUT2D eigenvalue weighted by atomic mass is 10.2. The first-order valence-corrected chi connectivity index (χ1v) is 6.90. The molecule has 1 aromatic heterocycles. The van der Waals surface area contributed by atoms with Gasteiger partial charge in [0.1, 0.15) is 5.82 Å². The van der Waals surface area contributed by atoms with E-state index in [1.807, 2.05) is 6.07 Å². The SMILES string of the molecule is CCCn1c(CCCCCl)nc2ccccc21. The highest BCUT2D eigenvalue weighted by Gasteiger charge is 2.08. The molecule has 92 valence electrons. The Kier molecular flexibility index (Phi) is 4.43. The predicted octanol–water partition coefficient (Wildman–Crippen LogP) is 4.01. The van der Waals surface area contributed by atoms with Crippen LogP contribution in [0.25, 0.3) is 11.0 Å². The van der Waals surface area contributed by atoms with Crippen molar-refractivity contribution in [3.05, 3.63) is 30.1 Å². The molecular formula is C14H19ClN2. The van der Waals surface area contributed by atoms with Gasteiger partial charge in [0.15, 0.2) is 0 Å². The molecule has 1 aromatic carbocycles. The van der Waals surface area contributed by atoms with Crippen LogP contribution in [0.1, 0.15) is 32.0 Å². The molecule has 2 aromatic rings. The first-order chi connectivity index (χ1) is 8.36. The van der Waals surface area contributed by atoms with Crippen molar-refractivity contribution in [2.24, 2.45) is 0 Å². The third kappa shape index (κ3) is 2.81. The fourth-order valence-corrected chi connectivity index (χ4v) is 2.36. The van der Waals surface area contributed by atoms with Crippen LogP contribution < -0.4 is 0 Å². The molecule has 0 N–H and O–H groups in total. The molecule has 0 saturated heterocycles. The monoisotopic (exact) mass is 250 g/mol. The molecule has 1 heterocycles. The highest BCUT2D eigenvalue weighted by Crippen LogP contribution is 2.18. The Labute approximate surface area is 108 Å². The second-order valence-electron chi connectivity index (χ2n) is 4.31. The van der Waals surface area contributed by atoms with Crippen molar-refractivity contribution in [2.75, 3.05) is 5.88 Å². The van der Waals surface area contributed by atoms with Crippen LogP contribution >= 0.6 is 11.6 Å². The molecule has 0 bridgehead atoms. The molecule has 0 amide bonds. The first-order valence-electron chi connectivity index (χ1n) is 6.37. The third-order valence-corrected chi connectivity index (χ3v) is 3.23. The van der Waals surface area contributed by atoms with Crippen molar-refractivity contribution < 1.29 is 0 Å². The number of alkyl halides is 1. The van der Waals surface area contributed by atoms with Crippen LogP contribution in [0.5, 0.6) is 0 Å². The van der Waals surface area contributed by atoms with Crippen molar-refractivity contribution in [1.29, 1.82) is 0 Å². The summed E-state index contributed by atoms with van der Waals surface area (Å²) in [6.45, 7) is 3.26. The number of unbranched alkanes of at least 4 members (excludes halogenated alkanes) is 1. The summed E-state index contributed by atoms with van der Waals surface area (Å²) in [7, 11) is 0. The Bertz CT molecular complexity index is 476. The molecule has 0 fully saturated rings. The highest BCUT2D eigenvalue weighted by molar-refractivity contribution is 6.17. The summed E-state index contributed by atoms with van der Waals surface area (Å²) < 4.78 is 2.35. The van der Waals surface area contributed by atoms with Crippen molar-refractivity contribution in [1.82, 2.24) is 9.55 Å². The number of hydrogen-bond donors (Lipinski definition) is 0. The van der Waals surface area contributed by atoms with E-state index in [1.54, 1.807) is 0 Å². The van der Waals surface area contributed by atoms with Gasteiger partial charge in [-0.15, -0.1) is 11.6 Å². The summed E-state index contributed by atoms with van der Waals surface area (Å²) in [6, 6.07) is 8.38. The molecule has 0 saturated carbocycles. The number of halogens is 1. The second-order valence-corrected chi connectivity index (χ2v) is 4.69. The fraction of sp³-hybridized carbons (Fsp3) is 0.500. The van der Waals surface area contributed by atoms with Gasteiger partial charge in [0, 0.05) is 18.8 Å². The number of hydrogen-bond acceptors (Lipinski definition) is 1. The van der Waals surface area contributed by atoms with Gasteiger partial charge in [0.2, 0.25) is 0 Å². The fourth-order valence-electron chi connectivity index (χ4n) is 2.17. The summed E-state index contributed by atoms with van der Waals surface area (Å²) in [4.78, 5) is 4.72. The van der Waals surface area contributed by atoms with Gasteiger partial charge in [0.25, 0.3) is 0 Å². The number of para-hydroxylation sites is 2. The van der Waals surface area contributed by atoms with E-state index in [1.165, 1.54) is 11.3 Å². The van der Waals surface area contributed by atoms with Gasteiger partial charge < -0.3 is 4.57 Å². The number of nitrogens with zero attached hydrogens (tertiary/aromatic N) is 2. The maximum atomic E-state index is 5.72. The highest BCUT2D eigenvalue weighted by atomic mass is 35.5. The Morgan fingerprint density at radius 1 is 1.24 bits per heavy atom. The summed E-state index contributed by atoms with van der Waals surface area (Å²) in [5, 5.41) is 0. The normalized spacial score (nSPS) is 11.2. The Balaban J connectivity index is 2.29. The average molecular weight is 251 g/mol. The molecule has 0 spiro atoms. The van der Waals surface area contributed by atoms with Gasteiger partial charge >= 0.3 is 0 Å². The first kappa shape index (κ1) is 12.4. The quantitative estimate of drug-likeness (QED) is 0.560. The van der Waals surface area contributed by atoms with Crippen LogP contribution in [-0.2, 0) is 13.0 Å². The maximum Gasteiger partial charge on any atom is 0.109 e. The number of aromatic nitrogens is 2. The van der Waals surface area contributed by atoms with E-state index < -0.39 is 0 Å². The average Bonchev–Trinajstić information content (AvgIpc) is 2.69. The topological polar surface area (TPSA) is 17.8 Å². The largest absolute Gasteiger partial charge is 0.328 e. The summed E-state index contributed by atoms with van der Waals surface area (Å²) in [5.74, 6) is 1.95. The standard InChI is InChI=1S/C14H19ClN2/c1-2-11-17-13-8-4-3-7-12(13)16-14(17)9-5-6-10-15/h3-4,7-8H,2,5-6,9-11H2,1H3. The van der Waals surface area contributed by atoms with Crippen LogP contribution in [0, 0.1) is 0 Å². The molecule has 0 aliphatic carbocycles. The molecule has 0 unspecified atom stereocenters. The van der Waals surface area contributed by atoms with Gasteiger partial charge in [-0.3, -0.25) is 0 Å². The number of fused-ring (bicyclic) bond motifs is 1. The summed E-state index contributed by atoms with van der Waals surface area (Å²) >= 11 is 5.72. The van der Waals surface area contributed by atoms with Crippen molar-refractivity contribution in [2.45, 2.75) is 39.2 Å². The van der Waals surface area contributed by atoms with Crippen LogP contribution in [0.3, 0.4) is 0 Å². The van der Waals surface area contributed by atoms with E-state index in [2.05, 4.69) is 29.7 Å². The molecule has 0 aliphatic heterocycles. The minimum atomic E-state index is 0.744. The van der Waals surface area contributed by atoms with Crippen LogP contribution in [-0.4, -0.2) is 15.4 Å². The van der Waals surface area contributed by atoms with E-state index in [0.717, 1.165) is 43.6 Å². The zero-order valence-corrected chi connectivity index (χ0v) is 11.1. The van der Waals surface area contributed by atoms with Crippen LogP contribution in [0.15, 0.2) is 24.3 Å². The summed E-state index contributed by atoms with van der Waals surface area (Å²) in [5.41, 5.74) is 2.37. The number of imidazole rings is 1. The zero-order valence-electron chi connectivity index (χ0n) is 10.3. The van der Waals surface area contributed by atoms with Gasteiger partial charge in [0.05, 0.1) is 11.0 Å². The van der Waals surface area contributed by atoms with Crippen LogP contribution in [0.2, 0.25) is 0 Å². The lowest BCUT2D eigenvalue weighted by molar-refractivity contribution is 0.634. The lowest BCUT2D eigenvalue weighted by Crippen LogP contribution is -2.03. The number of rotatable bonds is 6. The molecular weight excluding hydrogens is 232 g/mol. The minimum absolute atomic E-state index is 0.744. The number of aryl methyl sites for hydroxylation is 2. The minimum Gasteiger partial charge on any atom is -0.328 e. The van der Waals surface area contributed by atoms with Gasteiger partial charge in [-0.2, -0.15) is 0 Å². The van der Waals surface area contributed by atoms with Gasteiger partial charge in [-0.05, 0) is 31.4 Å². The second kappa shape index (κ2) is 6.06. The Morgan fingerprint density at radius 3 is 2.82 bits per heavy atom. The van der Waals surface area contributed by atoms with Crippen molar-refractivity contribution in [3.8, 4) is 0 Å². The third-order valence-electron chi connectivity index (χ3n) is 2.96. The lowest BCUT2D eigenvalue weighted by Gasteiger charge is -2.07. The molecule has 17 heavy (non-hydrogen) atoms. The van der Waals surface area contributed by atoms with Crippen molar-refractivity contribution >= 4 is 22.6 Å². The molecule has 0 radical (unpaired) electrons. The van der Waals surface area contributed by atoms with E-state index in [0.29, 0.717) is 0 Å². The molecule has 2 nitrogen and oxygen atoms in total. The van der Waals surface area contributed by atoms with Gasteiger partial charge in [-0.1, -0.05) is 19.1 Å². The Morgan fingerprint density at radius 2 is 2.06 bits per heavy atom. The van der Waals surface area contributed by atoms with Crippen LogP contribution in [0.4, 0.5) is 0 Å². The van der Waals surface area contributed by atoms with Gasteiger partial charge in [-0.25, -0.2) is 4.98 Å². The van der Waals surface area contributed by atoms with Crippen molar-refractivity contribution in [3.63, 3.8) is 0 Å². The van der Waals surface area contributed by atoms with E-state index in [-0.39, 0.29) is 0 Å². The predicted molar refractivity (Wildman–Crippen MR) is 73.7 cm³/mol. The van der Waals surface area contributed by atoms with E-state index >= 15 is 0 Å². The van der Waals surface area contributed by atoms with E-state index in [4.69, 9.17) is 16.6 Å². The number of benzene rings is 1. The Hall–Kier alpha value is -1.02. The maximum absolute atomic E-state index is 5.72. The molecule has 3 heteroatoms. The smallest absolute Gasteiger partial charge is 0.109 e. The van der Waals surface area contributed by atoms with E-state index in [9.17, 15) is 0 Å². The molecule has 0 aliphatic rings. The molecule has 2 rings (SSSR count). The molecule has 0 atom stereocenters. The zero-order chi connectivity index (χ0) is 12.1.